The number of rotatable bonds is 7. The number of carbonyl (C=O) groups is 1. The van der Waals surface area contributed by atoms with Gasteiger partial charge in [0.15, 0.2) is 23.1 Å². The van der Waals surface area contributed by atoms with Crippen molar-refractivity contribution < 1.29 is 32.5 Å². The Kier molecular flexibility index (Phi) is 7.16. The summed E-state index contributed by atoms with van der Waals surface area (Å²) in [5.41, 5.74) is 0.0667. The van der Waals surface area contributed by atoms with E-state index in [2.05, 4.69) is 4.98 Å². The van der Waals surface area contributed by atoms with Crippen molar-refractivity contribution >= 4 is 5.91 Å². The molecule has 0 aliphatic carbocycles. The van der Waals surface area contributed by atoms with Gasteiger partial charge in [-0.15, -0.1) is 0 Å². The highest BCUT2D eigenvalue weighted by atomic mass is 19.1. The van der Waals surface area contributed by atoms with Crippen LogP contribution in [0.15, 0.2) is 36.4 Å². The summed E-state index contributed by atoms with van der Waals surface area (Å²) in [5.74, 6) is -3.06. The van der Waals surface area contributed by atoms with Crippen LogP contribution in [0.5, 0.6) is 34.8 Å². The fourth-order valence-corrected chi connectivity index (χ4v) is 2.91. The molecular formula is C24H21F2N3O5. The van der Waals surface area contributed by atoms with Gasteiger partial charge in [0.05, 0.1) is 25.9 Å². The highest BCUT2D eigenvalue weighted by Crippen LogP contribution is 2.37. The Bertz CT molecular complexity index is 1290. The largest absolute Gasteiger partial charge is 0.497 e. The molecule has 1 amide bonds. The van der Waals surface area contributed by atoms with Crippen LogP contribution in [0.4, 0.5) is 8.78 Å². The fraction of sp³-hybridized carbons (Fsp3) is 0.208. The molecule has 0 unspecified atom stereocenters. The lowest BCUT2D eigenvalue weighted by Crippen LogP contribution is -2.21. The molecule has 0 saturated carbocycles. The van der Waals surface area contributed by atoms with Gasteiger partial charge in [0.25, 0.3) is 17.7 Å². The van der Waals surface area contributed by atoms with Gasteiger partial charge in [0.1, 0.15) is 11.5 Å². The lowest BCUT2D eigenvalue weighted by molar-refractivity contribution is 0.0827. The van der Waals surface area contributed by atoms with Gasteiger partial charge in [-0.3, -0.25) is 4.79 Å². The Hall–Kier alpha value is -4.39. The number of hydrogen-bond acceptors (Lipinski definition) is 7. The van der Waals surface area contributed by atoms with E-state index < -0.39 is 29.0 Å². The number of nitriles is 1. The van der Waals surface area contributed by atoms with Gasteiger partial charge in [-0.1, -0.05) is 0 Å². The highest BCUT2D eigenvalue weighted by Gasteiger charge is 2.23. The average Bonchev–Trinajstić information content (AvgIpc) is 2.84. The predicted molar refractivity (Wildman–Crippen MR) is 118 cm³/mol. The summed E-state index contributed by atoms with van der Waals surface area (Å²) in [6.07, 6.45) is 0. The van der Waals surface area contributed by atoms with Crippen molar-refractivity contribution in [2.75, 3.05) is 28.3 Å². The molecule has 0 radical (unpaired) electrons. The second-order valence-electron chi connectivity index (χ2n) is 7.25. The third-order valence-electron chi connectivity index (χ3n) is 4.72. The molecule has 3 rings (SSSR count). The standard InChI is InChI=1S/C24H21F2N3O5/c1-13-20(25)22(33-17-10-15(24(30)29(2)3)9-16(11-17)31-4)28-23(21(13)26)34-19-8-14(12-27)6-7-18(19)32-5/h6-11H,1-5H3. The van der Waals surface area contributed by atoms with E-state index in [4.69, 9.17) is 24.2 Å². The molecule has 1 heterocycles. The number of ether oxygens (including phenoxy) is 4. The lowest BCUT2D eigenvalue weighted by Gasteiger charge is -2.15. The number of pyridine rings is 1. The molecule has 0 saturated heterocycles. The van der Waals surface area contributed by atoms with Crippen LogP contribution in [0, 0.1) is 29.9 Å². The second-order valence-corrected chi connectivity index (χ2v) is 7.25. The van der Waals surface area contributed by atoms with Gasteiger partial charge in [-0.25, -0.2) is 8.78 Å². The molecule has 0 fully saturated rings. The SMILES string of the molecule is COc1cc(Oc2nc(Oc3cc(C#N)ccc3OC)c(F)c(C)c2F)cc(C(=O)N(C)C)c1. The molecular weight excluding hydrogens is 448 g/mol. The van der Waals surface area contributed by atoms with E-state index in [0.29, 0.717) is 0 Å². The number of carbonyl (C=O) groups excluding carboxylic acids is 1. The summed E-state index contributed by atoms with van der Waals surface area (Å²) in [5, 5.41) is 9.13. The molecule has 0 aliphatic rings. The minimum absolute atomic E-state index is 0.00477. The van der Waals surface area contributed by atoms with Crippen molar-refractivity contribution in [1.82, 2.24) is 9.88 Å². The maximum Gasteiger partial charge on any atom is 0.259 e. The van der Waals surface area contributed by atoms with Crippen LogP contribution in [-0.2, 0) is 0 Å². The number of amides is 1. The van der Waals surface area contributed by atoms with Crippen LogP contribution >= 0.6 is 0 Å². The Labute approximate surface area is 194 Å². The van der Waals surface area contributed by atoms with E-state index in [-0.39, 0.29) is 40.0 Å². The first-order valence-electron chi connectivity index (χ1n) is 9.88. The van der Waals surface area contributed by atoms with Crippen molar-refractivity contribution in [3.63, 3.8) is 0 Å². The average molecular weight is 469 g/mol. The Balaban J connectivity index is 2.05. The Morgan fingerprint density at radius 1 is 0.941 bits per heavy atom. The molecule has 0 bridgehead atoms. The van der Waals surface area contributed by atoms with Crippen LogP contribution in [0.3, 0.4) is 0 Å². The minimum Gasteiger partial charge on any atom is -0.497 e. The molecule has 8 nitrogen and oxygen atoms in total. The van der Waals surface area contributed by atoms with Crippen molar-refractivity contribution in [3.05, 3.63) is 64.7 Å². The van der Waals surface area contributed by atoms with Crippen molar-refractivity contribution in [1.29, 1.82) is 5.26 Å². The molecule has 2 aromatic carbocycles. The van der Waals surface area contributed by atoms with E-state index in [1.807, 2.05) is 6.07 Å². The summed E-state index contributed by atoms with van der Waals surface area (Å²) in [6, 6.07) is 10.5. The first kappa shape index (κ1) is 24.3. The van der Waals surface area contributed by atoms with Gasteiger partial charge >= 0.3 is 0 Å². The first-order chi connectivity index (χ1) is 16.2. The van der Waals surface area contributed by atoms with Gasteiger partial charge in [-0.05, 0) is 31.2 Å². The fourth-order valence-electron chi connectivity index (χ4n) is 2.91. The van der Waals surface area contributed by atoms with Gasteiger partial charge in [0.2, 0.25) is 0 Å². The van der Waals surface area contributed by atoms with E-state index in [0.717, 1.165) is 0 Å². The first-order valence-corrected chi connectivity index (χ1v) is 9.88. The number of benzene rings is 2. The van der Waals surface area contributed by atoms with E-state index in [9.17, 15) is 13.6 Å². The number of nitrogens with zero attached hydrogens (tertiary/aromatic N) is 3. The van der Waals surface area contributed by atoms with Crippen LogP contribution in [-0.4, -0.2) is 44.1 Å². The molecule has 176 valence electrons. The zero-order valence-electron chi connectivity index (χ0n) is 19.1. The molecule has 0 spiro atoms. The van der Waals surface area contributed by atoms with Gasteiger partial charge < -0.3 is 23.8 Å². The molecule has 0 N–H and O–H groups in total. The number of methoxy groups -OCH3 is 2. The predicted octanol–water partition coefficient (Wildman–Crippen LogP) is 4.84. The third-order valence-corrected chi connectivity index (χ3v) is 4.72. The van der Waals surface area contributed by atoms with Crippen molar-refractivity contribution in [2.45, 2.75) is 6.92 Å². The molecule has 1 aromatic heterocycles. The molecule has 0 aliphatic heterocycles. The topological polar surface area (TPSA) is 93.9 Å². The van der Waals surface area contributed by atoms with Crippen LogP contribution < -0.4 is 18.9 Å². The maximum absolute atomic E-state index is 14.8. The number of halogens is 2. The van der Waals surface area contributed by atoms with E-state index in [1.165, 1.54) is 62.4 Å². The summed E-state index contributed by atoms with van der Waals surface area (Å²) < 4.78 is 51.1. The van der Waals surface area contributed by atoms with Crippen LogP contribution in [0.25, 0.3) is 0 Å². The maximum atomic E-state index is 14.8. The molecule has 34 heavy (non-hydrogen) atoms. The Morgan fingerprint density at radius 3 is 2.18 bits per heavy atom. The normalized spacial score (nSPS) is 10.3. The smallest absolute Gasteiger partial charge is 0.259 e. The summed E-state index contributed by atoms with van der Waals surface area (Å²) in [6.45, 7) is 1.20. The van der Waals surface area contributed by atoms with Gasteiger partial charge in [0, 0.05) is 37.4 Å². The van der Waals surface area contributed by atoms with Crippen molar-refractivity contribution in [2.24, 2.45) is 0 Å². The summed E-state index contributed by atoms with van der Waals surface area (Å²) in [4.78, 5) is 17.6. The zero-order valence-corrected chi connectivity index (χ0v) is 19.1. The third kappa shape index (κ3) is 4.99. The van der Waals surface area contributed by atoms with E-state index >= 15 is 0 Å². The zero-order chi connectivity index (χ0) is 25.0. The van der Waals surface area contributed by atoms with E-state index in [1.54, 1.807) is 14.1 Å². The summed E-state index contributed by atoms with van der Waals surface area (Å²) >= 11 is 0. The monoisotopic (exact) mass is 469 g/mol. The lowest BCUT2D eigenvalue weighted by atomic mass is 10.2. The Morgan fingerprint density at radius 2 is 1.59 bits per heavy atom. The minimum atomic E-state index is -1.05. The molecule has 0 atom stereocenters. The second kappa shape index (κ2) is 10.0. The van der Waals surface area contributed by atoms with Gasteiger partial charge in [-0.2, -0.15) is 10.2 Å². The summed E-state index contributed by atoms with van der Waals surface area (Å²) in [7, 11) is 5.93. The number of hydrogen-bond donors (Lipinski definition) is 0. The van der Waals surface area contributed by atoms with Crippen LogP contribution in [0.1, 0.15) is 21.5 Å². The number of aromatic nitrogens is 1. The molecule has 3 aromatic rings. The van der Waals surface area contributed by atoms with Crippen molar-refractivity contribution in [3.8, 4) is 40.8 Å². The van der Waals surface area contributed by atoms with Crippen LogP contribution in [0.2, 0.25) is 0 Å². The highest BCUT2D eigenvalue weighted by molar-refractivity contribution is 5.94. The molecule has 10 heteroatoms. The quantitative estimate of drug-likeness (QED) is 0.489.